The van der Waals surface area contributed by atoms with Gasteiger partial charge in [0.05, 0.1) is 11.7 Å². The number of benzene rings is 1. The van der Waals surface area contributed by atoms with Gasteiger partial charge in [-0.1, -0.05) is 40.9 Å². The number of piperazine rings is 1. The molecule has 0 bridgehead atoms. The Balaban J connectivity index is 1.86. The molecule has 25 heavy (non-hydrogen) atoms. The summed E-state index contributed by atoms with van der Waals surface area (Å²) in [4.78, 5) is 11.3. The number of rotatable bonds is 4. The lowest BCUT2D eigenvalue weighted by Gasteiger charge is -2.28. The van der Waals surface area contributed by atoms with Gasteiger partial charge in [-0.15, -0.1) is 0 Å². The number of hydrogen-bond donors (Lipinski definition) is 2. The summed E-state index contributed by atoms with van der Waals surface area (Å²) < 4.78 is 0. The monoisotopic (exact) mass is 399 g/mol. The SMILES string of the molecule is Cc1nc(N2CCNCC2)nc(N[C@H](C)c2ccc(Cl)cc2Cl)c1Cl. The van der Waals surface area contributed by atoms with Crippen molar-refractivity contribution in [2.45, 2.75) is 19.9 Å². The molecule has 0 saturated carbocycles. The van der Waals surface area contributed by atoms with Gasteiger partial charge in [0.2, 0.25) is 5.95 Å². The fourth-order valence-electron chi connectivity index (χ4n) is 2.78. The van der Waals surface area contributed by atoms with Crippen LogP contribution in [0.1, 0.15) is 24.2 Å². The van der Waals surface area contributed by atoms with E-state index in [4.69, 9.17) is 34.8 Å². The van der Waals surface area contributed by atoms with Crippen LogP contribution in [-0.2, 0) is 0 Å². The van der Waals surface area contributed by atoms with E-state index in [1.807, 2.05) is 26.0 Å². The van der Waals surface area contributed by atoms with Crippen molar-refractivity contribution in [3.8, 4) is 0 Å². The lowest BCUT2D eigenvalue weighted by molar-refractivity contribution is 0.579. The van der Waals surface area contributed by atoms with Crippen molar-refractivity contribution in [3.63, 3.8) is 0 Å². The maximum atomic E-state index is 6.43. The first kappa shape index (κ1) is 18.5. The Morgan fingerprint density at radius 2 is 1.88 bits per heavy atom. The topological polar surface area (TPSA) is 53.1 Å². The third-order valence-electron chi connectivity index (χ3n) is 4.19. The van der Waals surface area contributed by atoms with E-state index in [0.717, 1.165) is 37.4 Å². The molecule has 0 amide bonds. The Kier molecular flexibility index (Phi) is 5.89. The third kappa shape index (κ3) is 4.29. The number of halogens is 3. The highest BCUT2D eigenvalue weighted by atomic mass is 35.5. The molecule has 5 nitrogen and oxygen atoms in total. The molecule has 1 saturated heterocycles. The maximum absolute atomic E-state index is 6.43. The van der Waals surface area contributed by atoms with E-state index in [1.165, 1.54) is 0 Å². The van der Waals surface area contributed by atoms with Gasteiger partial charge in [0.1, 0.15) is 5.02 Å². The molecule has 0 spiro atoms. The number of anilines is 2. The number of nitrogens with zero attached hydrogens (tertiary/aromatic N) is 3. The molecule has 3 rings (SSSR count). The lowest BCUT2D eigenvalue weighted by atomic mass is 10.1. The van der Waals surface area contributed by atoms with Crippen molar-refractivity contribution in [1.82, 2.24) is 15.3 Å². The predicted molar refractivity (Wildman–Crippen MR) is 105 cm³/mol. The van der Waals surface area contributed by atoms with Crippen molar-refractivity contribution >= 4 is 46.6 Å². The number of nitrogens with one attached hydrogen (secondary N) is 2. The first-order valence-corrected chi connectivity index (χ1v) is 9.30. The Morgan fingerprint density at radius 3 is 2.56 bits per heavy atom. The van der Waals surface area contributed by atoms with Crippen LogP contribution in [0.3, 0.4) is 0 Å². The molecule has 134 valence electrons. The third-order valence-corrected chi connectivity index (χ3v) is 5.20. The van der Waals surface area contributed by atoms with Crippen LogP contribution >= 0.6 is 34.8 Å². The maximum Gasteiger partial charge on any atom is 0.227 e. The van der Waals surface area contributed by atoms with E-state index in [9.17, 15) is 0 Å². The second kappa shape index (κ2) is 7.96. The van der Waals surface area contributed by atoms with Crippen molar-refractivity contribution in [2.75, 3.05) is 36.4 Å². The molecule has 0 aliphatic carbocycles. The van der Waals surface area contributed by atoms with Crippen LogP contribution in [0.25, 0.3) is 0 Å². The molecule has 0 radical (unpaired) electrons. The van der Waals surface area contributed by atoms with Crippen LogP contribution < -0.4 is 15.5 Å². The number of hydrogen-bond acceptors (Lipinski definition) is 5. The van der Waals surface area contributed by atoms with Gasteiger partial charge in [0.15, 0.2) is 5.82 Å². The number of aryl methyl sites for hydroxylation is 1. The molecule has 8 heteroatoms. The van der Waals surface area contributed by atoms with Crippen LogP contribution in [0.15, 0.2) is 18.2 Å². The largest absolute Gasteiger partial charge is 0.362 e. The number of aromatic nitrogens is 2. The minimum Gasteiger partial charge on any atom is -0.362 e. The van der Waals surface area contributed by atoms with Gasteiger partial charge in [-0.2, -0.15) is 4.98 Å². The van der Waals surface area contributed by atoms with Gasteiger partial charge in [-0.25, -0.2) is 4.98 Å². The highest BCUT2D eigenvalue weighted by Gasteiger charge is 2.19. The van der Waals surface area contributed by atoms with E-state index >= 15 is 0 Å². The second-order valence-electron chi connectivity index (χ2n) is 6.04. The molecule has 1 aliphatic heterocycles. The fraction of sp³-hybridized carbons (Fsp3) is 0.412. The minimum atomic E-state index is -0.0764. The van der Waals surface area contributed by atoms with E-state index in [0.29, 0.717) is 26.8 Å². The Hall–Kier alpha value is -1.27. The minimum absolute atomic E-state index is 0.0764. The lowest BCUT2D eigenvalue weighted by Crippen LogP contribution is -2.44. The van der Waals surface area contributed by atoms with Crippen LogP contribution in [0.2, 0.25) is 15.1 Å². The summed E-state index contributed by atoms with van der Waals surface area (Å²) >= 11 is 18.7. The molecular weight excluding hydrogens is 381 g/mol. The van der Waals surface area contributed by atoms with E-state index in [2.05, 4.69) is 25.5 Å². The molecule has 1 aliphatic rings. The highest BCUT2D eigenvalue weighted by Crippen LogP contribution is 2.32. The van der Waals surface area contributed by atoms with Gasteiger partial charge in [-0.3, -0.25) is 0 Å². The van der Waals surface area contributed by atoms with E-state index in [-0.39, 0.29) is 6.04 Å². The predicted octanol–water partition coefficient (Wildman–Crippen LogP) is 4.33. The molecule has 2 N–H and O–H groups in total. The fourth-order valence-corrected chi connectivity index (χ4v) is 3.49. The molecule has 2 aromatic rings. The standard InChI is InChI=1S/C17H20Cl3N5/c1-10(13-4-3-12(18)9-14(13)19)22-16-15(20)11(2)23-17(24-16)25-7-5-21-6-8-25/h3-4,9-10,21H,5-8H2,1-2H3,(H,22,23,24)/t10-/m1/s1. The molecule has 1 fully saturated rings. The van der Waals surface area contributed by atoms with Crippen LogP contribution in [0, 0.1) is 6.92 Å². The van der Waals surface area contributed by atoms with E-state index < -0.39 is 0 Å². The van der Waals surface area contributed by atoms with Gasteiger partial charge in [0, 0.05) is 36.2 Å². The molecule has 1 aromatic carbocycles. The zero-order chi connectivity index (χ0) is 18.0. The molecule has 1 atom stereocenters. The average molecular weight is 401 g/mol. The summed E-state index contributed by atoms with van der Waals surface area (Å²) in [6, 6.07) is 5.38. The van der Waals surface area contributed by atoms with Gasteiger partial charge < -0.3 is 15.5 Å². The summed E-state index contributed by atoms with van der Waals surface area (Å²) in [7, 11) is 0. The van der Waals surface area contributed by atoms with Crippen LogP contribution in [0.5, 0.6) is 0 Å². The van der Waals surface area contributed by atoms with Crippen molar-refractivity contribution in [2.24, 2.45) is 0 Å². The summed E-state index contributed by atoms with van der Waals surface area (Å²) in [5.41, 5.74) is 1.68. The summed E-state index contributed by atoms with van der Waals surface area (Å²) in [6.07, 6.45) is 0. The van der Waals surface area contributed by atoms with Crippen LogP contribution in [-0.4, -0.2) is 36.1 Å². The first-order valence-electron chi connectivity index (χ1n) is 8.17. The zero-order valence-electron chi connectivity index (χ0n) is 14.1. The Labute approximate surface area is 162 Å². The zero-order valence-corrected chi connectivity index (χ0v) is 16.4. The van der Waals surface area contributed by atoms with Crippen molar-refractivity contribution < 1.29 is 0 Å². The molecule has 0 unspecified atom stereocenters. The second-order valence-corrected chi connectivity index (χ2v) is 7.26. The summed E-state index contributed by atoms with van der Waals surface area (Å²) in [6.45, 7) is 7.49. The van der Waals surface area contributed by atoms with Gasteiger partial charge in [0.25, 0.3) is 0 Å². The molecule has 2 heterocycles. The first-order chi connectivity index (χ1) is 12.0. The summed E-state index contributed by atoms with van der Waals surface area (Å²) in [5, 5.41) is 8.42. The van der Waals surface area contributed by atoms with E-state index in [1.54, 1.807) is 6.07 Å². The van der Waals surface area contributed by atoms with Crippen molar-refractivity contribution in [3.05, 3.63) is 44.5 Å². The van der Waals surface area contributed by atoms with Gasteiger partial charge in [-0.05, 0) is 31.5 Å². The summed E-state index contributed by atoms with van der Waals surface area (Å²) in [5.74, 6) is 1.31. The Bertz CT molecular complexity index is 762. The average Bonchev–Trinajstić information content (AvgIpc) is 2.59. The quantitative estimate of drug-likeness (QED) is 0.800. The van der Waals surface area contributed by atoms with Crippen LogP contribution in [0.4, 0.5) is 11.8 Å². The van der Waals surface area contributed by atoms with Gasteiger partial charge >= 0.3 is 0 Å². The smallest absolute Gasteiger partial charge is 0.227 e. The molecule has 1 aromatic heterocycles. The normalized spacial score (nSPS) is 16.0. The molecular formula is C17H20Cl3N5. The van der Waals surface area contributed by atoms with Crippen molar-refractivity contribution in [1.29, 1.82) is 0 Å². The Morgan fingerprint density at radius 1 is 1.16 bits per heavy atom. The highest BCUT2D eigenvalue weighted by molar-refractivity contribution is 6.35.